The summed E-state index contributed by atoms with van der Waals surface area (Å²) in [5, 5.41) is 0.625. The monoisotopic (exact) mass is 312 g/mol. The van der Waals surface area contributed by atoms with Crippen LogP contribution in [0.15, 0.2) is 24.3 Å². The third kappa shape index (κ3) is 4.33. The largest absolute Gasteiger partial charge is 0.492 e. The van der Waals surface area contributed by atoms with Crippen molar-refractivity contribution in [1.82, 2.24) is 4.90 Å². The van der Waals surface area contributed by atoms with Gasteiger partial charge in [-0.2, -0.15) is 0 Å². The van der Waals surface area contributed by atoms with E-state index in [1.165, 1.54) is 0 Å². The van der Waals surface area contributed by atoms with Gasteiger partial charge in [0.2, 0.25) is 5.91 Å². The lowest BCUT2D eigenvalue weighted by molar-refractivity contribution is -0.139. The molecule has 6 heteroatoms. The minimum atomic E-state index is -0.803. The molecule has 1 aromatic carbocycles. The van der Waals surface area contributed by atoms with E-state index in [0.29, 0.717) is 50.0 Å². The molecule has 0 radical (unpaired) electrons. The van der Waals surface area contributed by atoms with Crippen LogP contribution in [0.4, 0.5) is 0 Å². The van der Waals surface area contributed by atoms with Crippen molar-refractivity contribution in [2.75, 3.05) is 33.4 Å². The third-order valence-electron chi connectivity index (χ3n) is 3.65. The summed E-state index contributed by atoms with van der Waals surface area (Å²) >= 11 is 5.88. The van der Waals surface area contributed by atoms with Gasteiger partial charge in [0.15, 0.2) is 0 Å². The van der Waals surface area contributed by atoms with Crippen LogP contribution in [0.2, 0.25) is 5.02 Å². The van der Waals surface area contributed by atoms with Crippen molar-refractivity contribution < 1.29 is 14.3 Å². The number of carbonyl (C=O) groups excluding carboxylic acids is 1. The van der Waals surface area contributed by atoms with E-state index in [1.807, 2.05) is 12.1 Å². The van der Waals surface area contributed by atoms with Gasteiger partial charge in [0, 0.05) is 25.3 Å². The van der Waals surface area contributed by atoms with E-state index in [2.05, 4.69) is 0 Å². The highest BCUT2D eigenvalue weighted by atomic mass is 35.5. The summed E-state index contributed by atoms with van der Waals surface area (Å²) in [7, 11) is 1.74. The fourth-order valence-corrected chi connectivity index (χ4v) is 2.47. The van der Waals surface area contributed by atoms with Gasteiger partial charge in [0.05, 0.1) is 12.1 Å². The Morgan fingerprint density at radius 2 is 2.19 bits per heavy atom. The number of ether oxygens (including phenoxy) is 2. The minimum absolute atomic E-state index is 0.0551. The van der Waals surface area contributed by atoms with Crippen molar-refractivity contribution in [2.45, 2.75) is 18.4 Å². The highest BCUT2D eigenvalue weighted by Gasteiger charge is 2.37. The van der Waals surface area contributed by atoms with Gasteiger partial charge in [0.1, 0.15) is 12.4 Å². The molecule has 1 aliphatic rings. The van der Waals surface area contributed by atoms with E-state index < -0.39 is 5.54 Å². The lowest BCUT2D eigenvalue weighted by atomic mass is 9.90. The molecule has 5 nitrogen and oxygen atoms in total. The minimum Gasteiger partial charge on any atom is -0.492 e. The Bertz CT molecular complexity index is 490. The van der Waals surface area contributed by atoms with Crippen molar-refractivity contribution in [1.29, 1.82) is 0 Å². The summed E-state index contributed by atoms with van der Waals surface area (Å²) in [4.78, 5) is 14.0. The zero-order chi connectivity index (χ0) is 15.3. The van der Waals surface area contributed by atoms with Crippen molar-refractivity contribution >= 4 is 17.5 Å². The molecule has 0 atom stereocenters. The van der Waals surface area contributed by atoms with Crippen LogP contribution in [0, 0.1) is 0 Å². The second-order valence-corrected chi connectivity index (χ2v) is 5.74. The SMILES string of the molecule is CN(CCOc1cccc(Cl)c1)C(=O)C1(N)CCOCC1. The number of hydrogen-bond acceptors (Lipinski definition) is 4. The van der Waals surface area contributed by atoms with Crippen LogP contribution in [0.1, 0.15) is 12.8 Å². The fourth-order valence-electron chi connectivity index (χ4n) is 2.29. The Morgan fingerprint density at radius 3 is 2.86 bits per heavy atom. The lowest BCUT2D eigenvalue weighted by Gasteiger charge is -2.35. The van der Waals surface area contributed by atoms with Crippen LogP contribution >= 0.6 is 11.6 Å². The quantitative estimate of drug-likeness (QED) is 0.898. The van der Waals surface area contributed by atoms with Gasteiger partial charge in [-0.1, -0.05) is 17.7 Å². The molecule has 0 unspecified atom stereocenters. The van der Waals surface area contributed by atoms with Crippen LogP contribution < -0.4 is 10.5 Å². The number of rotatable bonds is 5. The Morgan fingerprint density at radius 1 is 1.48 bits per heavy atom. The molecule has 0 aliphatic carbocycles. The van der Waals surface area contributed by atoms with Crippen molar-refractivity contribution in [3.8, 4) is 5.75 Å². The smallest absolute Gasteiger partial charge is 0.242 e. The van der Waals surface area contributed by atoms with Crippen LogP contribution in [0.5, 0.6) is 5.75 Å². The number of nitrogens with zero attached hydrogens (tertiary/aromatic N) is 1. The third-order valence-corrected chi connectivity index (χ3v) is 3.88. The molecule has 1 heterocycles. The molecule has 1 aliphatic heterocycles. The molecule has 2 N–H and O–H groups in total. The average Bonchev–Trinajstić information content (AvgIpc) is 2.47. The first-order valence-corrected chi connectivity index (χ1v) is 7.40. The molecule has 0 saturated carbocycles. The molecular formula is C15H21ClN2O3. The molecule has 0 spiro atoms. The molecule has 0 aromatic heterocycles. The maximum absolute atomic E-state index is 12.4. The van der Waals surface area contributed by atoms with Crippen LogP contribution in [-0.2, 0) is 9.53 Å². The molecule has 116 valence electrons. The Balaban J connectivity index is 1.81. The van der Waals surface area contributed by atoms with Crippen LogP contribution in [0.3, 0.4) is 0 Å². The predicted molar refractivity (Wildman–Crippen MR) is 81.6 cm³/mol. The molecule has 1 amide bonds. The molecule has 1 aromatic rings. The normalized spacial score (nSPS) is 17.3. The van der Waals surface area contributed by atoms with Crippen molar-refractivity contribution in [2.24, 2.45) is 5.73 Å². The summed E-state index contributed by atoms with van der Waals surface area (Å²) < 4.78 is 10.8. The highest BCUT2D eigenvalue weighted by molar-refractivity contribution is 6.30. The van der Waals surface area contributed by atoms with Gasteiger partial charge in [-0.3, -0.25) is 4.79 Å². The highest BCUT2D eigenvalue weighted by Crippen LogP contribution is 2.20. The number of likely N-dealkylation sites (N-methyl/N-ethyl adjacent to an activating group) is 1. The van der Waals surface area contributed by atoms with Crippen molar-refractivity contribution in [3.63, 3.8) is 0 Å². The molecular weight excluding hydrogens is 292 g/mol. The Kier molecular flexibility index (Phi) is 5.45. The molecule has 0 bridgehead atoms. The van der Waals surface area contributed by atoms with Gasteiger partial charge in [0.25, 0.3) is 0 Å². The number of carbonyl (C=O) groups is 1. The number of amides is 1. The van der Waals surface area contributed by atoms with E-state index in [-0.39, 0.29) is 5.91 Å². The zero-order valence-electron chi connectivity index (χ0n) is 12.2. The lowest BCUT2D eigenvalue weighted by Crippen LogP contribution is -2.57. The zero-order valence-corrected chi connectivity index (χ0v) is 12.9. The summed E-state index contributed by atoms with van der Waals surface area (Å²) in [6.45, 7) is 1.95. The maximum Gasteiger partial charge on any atom is 0.242 e. The van der Waals surface area contributed by atoms with Gasteiger partial charge in [-0.15, -0.1) is 0 Å². The van der Waals surface area contributed by atoms with Crippen molar-refractivity contribution in [3.05, 3.63) is 29.3 Å². The first kappa shape index (κ1) is 16.1. The Hall–Kier alpha value is -1.30. The second kappa shape index (κ2) is 7.11. The van der Waals surface area contributed by atoms with E-state index in [4.69, 9.17) is 26.8 Å². The second-order valence-electron chi connectivity index (χ2n) is 5.30. The van der Waals surface area contributed by atoms with Crippen LogP contribution in [-0.4, -0.2) is 49.8 Å². The summed E-state index contributed by atoms with van der Waals surface area (Å²) in [6, 6.07) is 7.18. The van der Waals surface area contributed by atoms with E-state index in [0.717, 1.165) is 0 Å². The number of halogens is 1. The standard InChI is InChI=1S/C15H21ClN2O3/c1-18(14(19)15(17)5-8-20-9-6-15)7-10-21-13-4-2-3-12(16)11-13/h2-4,11H,5-10,17H2,1H3. The summed E-state index contributed by atoms with van der Waals surface area (Å²) in [6.07, 6.45) is 1.12. The molecule has 21 heavy (non-hydrogen) atoms. The van der Waals surface area contributed by atoms with E-state index in [1.54, 1.807) is 24.1 Å². The maximum atomic E-state index is 12.4. The topological polar surface area (TPSA) is 64.8 Å². The molecule has 1 fully saturated rings. The first-order valence-electron chi connectivity index (χ1n) is 7.02. The molecule has 1 saturated heterocycles. The summed E-state index contributed by atoms with van der Waals surface area (Å²) in [5.41, 5.74) is 5.37. The number of benzene rings is 1. The van der Waals surface area contributed by atoms with E-state index >= 15 is 0 Å². The van der Waals surface area contributed by atoms with Gasteiger partial charge < -0.3 is 20.1 Å². The van der Waals surface area contributed by atoms with Crippen LogP contribution in [0.25, 0.3) is 0 Å². The van der Waals surface area contributed by atoms with E-state index in [9.17, 15) is 4.79 Å². The fraction of sp³-hybridized carbons (Fsp3) is 0.533. The van der Waals surface area contributed by atoms with Gasteiger partial charge in [-0.05, 0) is 31.0 Å². The summed E-state index contributed by atoms with van der Waals surface area (Å²) in [5.74, 6) is 0.636. The average molecular weight is 313 g/mol. The number of nitrogens with two attached hydrogens (primary N) is 1. The number of hydrogen-bond donors (Lipinski definition) is 1. The van der Waals surface area contributed by atoms with Gasteiger partial charge >= 0.3 is 0 Å². The predicted octanol–water partition coefficient (Wildman–Crippen LogP) is 1.69. The van der Waals surface area contributed by atoms with Gasteiger partial charge in [-0.25, -0.2) is 0 Å². The Labute approximate surface area is 130 Å². The molecule has 2 rings (SSSR count). The first-order chi connectivity index (χ1) is 10.0.